The van der Waals surface area contributed by atoms with E-state index in [2.05, 4.69) is 6.58 Å². The Labute approximate surface area is 165 Å². The molecule has 148 valence electrons. The Morgan fingerprint density at radius 3 is 2.43 bits per heavy atom. The number of rotatable bonds is 9. The molecule has 0 unspecified atom stereocenters. The van der Waals surface area contributed by atoms with Gasteiger partial charge < -0.3 is 14.6 Å². The van der Waals surface area contributed by atoms with Crippen LogP contribution >= 0.6 is 0 Å². The zero-order valence-corrected chi connectivity index (χ0v) is 16.6. The first-order chi connectivity index (χ1) is 13.4. The van der Waals surface area contributed by atoms with Crippen molar-refractivity contribution in [1.82, 2.24) is 0 Å². The van der Waals surface area contributed by atoms with Gasteiger partial charge in [-0.15, -0.1) is 6.58 Å². The SMILES string of the molecule is C=C(C)CCc1c(OC)cc(CC(=O)c2ccccc2)c(C(=O)OCC)c1O. The number of phenolic OH excluding ortho intramolecular Hbond substituents is 1. The van der Waals surface area contributed by atoms with Crippen LogP contribution in [0.25, 0.3) is 0 Å². The summed E-state index contributed by atoms with van der Waals surface area (Å²) in [6, 6.07) is 10.4. The van der Waals surface area contributed by atoms with Crippen molar-refractivity contribution in [2.75, 3.05) is 13.7 Å². The zero-order chi connectivity index (χ0) is 20.7. The van der Waals surface area contributed by atoms with Gasteiger partial charge in [-0.1, -0.05) is 35.9 Å². The third-order valence-electron chi connectivity index (χ3n) is 4.39. The average molecular weight is 382 g/mol. The third-order valence-corrected chi connectivity index (χ3v) is 4.39. The molecular weight excluding hydrogens is 356 g/mol. The van der Waals surface area contributed by atoms with E-state index in [-0.39, 0.29) is 30.1 Å². The Bertz CT molecular complexity index is 868. The largest absolute Gasteiger partial charge is 0.507 e. The summed E-state index contributed by atoms with van der Waals surface area (Å²) in [6.07, 6.45) is 1.04. The molecule has 0 fully saturated rings. The number of aromatic hydroxyl groups is 1. The van der Waals surface area contributed by atoms with E-state index in [4.69, 9.17) is 9.47 Å². The number of hydrogen-bond acceptors (Lipinski definition) is 5. The van der Waals surface area contributed by atoms with Crippen LogP contribution in [0.4, 0.5) is 0 Å². The lowest BCUT2D eigenvalue weighted by Crippen LogP contribution is -2.14. The quantitative estimate of drug-likeness (QED) is 0.392. The van der Waals surface area contributed by atoms with Gasteiger partial charge in [0.2, 0.25) is 0 Å². The monoisotopic (exact) mass is 382 g/mol. The van der Waals surface area contributed by atoms with E-state index >= 15 is 0 Å². The number of ketones is 1. The Hall–Kier alpha value is -3.08. The highest BCUT2D eigenvalue weighted by Gasteiger charge is 2.25. The maximum atomic E-state index is 12.7. The Balaban J connectivity index is 2.53. The van der Waals surface area contributed by atoms with Gasteiger partial charge in [0.25, 0.3) is 0 Å². The third kappa shape index (κ3) is 5.00. The minimum absolute atomic E-state index is 0.0173. The van der Waals surface area contributed by atoms with Gasteiger partial charge in [0.1, 0.15) is 17.1 Å². The predicted molar refractivity (Wildman–Crippen MR) is 108 cm³/mol. The highest BCUT2D eigenvalue weighted by molar-refractivity contribution is 6.01. The van der Waals surface area contributed by atoms with Gasteiger partial charge in [-0.25, -0.2) is 4.79 Å². The first-order valence-electron chi connectivity index (χ1n) is 9.20. The maximum absolute atomic E-state index is 12.7. The second-order valence-corrected chi connectivity index (χ2v) is 6.58. The lowest BCUT2D eigenvalue weighted by molar-refractivity contribution is 0.0521. The fourth-order valence-corrected chi connectivity index (χ4v) is 2.97. The molecule has 0 atom stereocenters. The van der Waals surface area contributed by atoms with Crippen molar-refractivity contribution in [3.63, 3.8) is 0 Å². The van der Waals surface area contributed by atoms with Crippen LogP contribution in [-0.4, -0.2) is 30.6 Å². The van der Waals surface area contributed by atoms with Crippen molar-refractivity contribution in [2.45, 2.75) is 33.1 Å². The summed E-state index contributed by atoms with van der Waals surface area (Å²) >= 11 is 0. The number of benzene rings is 2. The topological polar surface area (TPSA) is 72.8 Å². The lowest BCUT2D eigenvalue weighted by Gasteiger charge is -2.17. The van der Waals surface area contributed by atoms with Crippen LogP contribution < -0.4 is 4.74 Å². The molecule has 0 amide bonds. The first kappa shape index (κ1) is 21.2. The van der Waals surface area contributed by atoms with Crippen LogP contribution in [0.5, 0.6) is 11.5 Å². The van der Waals surface area contributed by atoms with Gasteiger partial charge in [0.05, 0.1) is 13.7 Å². The summed E-state index contributed by atoms with van der Waals surface area (Å²) in [5, 5.41) is 10.9. The Morgan fingerprint density at radius 1 is 1.18 bits per heavy atom. The number of carbonyl (C=O) groups is 2. The molecule has 0 saturated carbocycles. The maximum Gasteiger partial charge on any atom is 0.342 e. The van der Waals surface area contributed by atoms with Crippen molar-refractivity contribution >= 4 is 11.8 Å². The van der Waals surface area contributed by atoms with Crippen LogP contribution in [0.2, 0.25) is 0 Å². The summed E-state index contributed by atoms with van der Waals surface area (Å²) in [7, 11) is 1.49. The molecule has 0 heterocycles. The molecule has 2 aromatic carbocycles. The van der Waals surface area contributed by atoms with Crippen LogP contribution in [0, 0.1) is 0 Å². The number of ether oxygens (including phenoxy) is 2. The minimum atomic E-state index is -0.657. The minimum Gasteiger partial charge on any atom is -0.507 e. The van der Waals surface area contributed by atoms with Gasteiger partial charge in [-0.2, -0.15) is 0 Å². The number of esters is 1. The molecule has 2 rings (SSSR count). The fraction of sp³-hybridized carbons (Fsp3) is 0.304. The summed E-state index contributed by atoms with van der Waals surface area (Å²) in [5.74, 6) is -0.588. The number of phenols is 1. The van der Waals surface area contributed by atoms with Gasteiger partial charge in [-0.05, 0) is 38.3 Å². The molecule has 0 aliphatic carbocycles. The molecule has 0 bridgehead atoms. The summed E-state index contributed by atoms with van der Waals surface area (Å²) in [5.41, 5.74) is 2.37. The second kappa shape index (κ2) is 9.74. The number of methoxy groups -OCH3 is 1. The van der Waals surface area contributed by atoms with E-state index in [9.17, 15) is 14.7 Å². The molecule has 5 heteroatoms. The smallest absolute Gasteiger partial charge is 0.342 e. The van der Waals surface area contributed by atoms with E-state index in [1.54, 1.807) is 37.3 Å². The second-order valence-electron chi connectivity index (χ2n) is 6.58. The first-order valence-corrected chi connectivity index (χ1v) is 9.20. The molecule has 1 N–H and O–H groups in total. The number of Topliss-reactive ketones (excluding diaryl/α,β-unsaturated/α-hetero) is 1. The Morgan fingerprint density at radius 2 is 1.86 bits per heavy atom. The van der Waals surface area contributed by atoms with E-state index in [1.165, 1.54) is 7.11 Å². The highest BCUT2D eigenvalue weighted by atomic mass is 16.5. The van der Waals surface area contributed by atoms with Gasteiger partial charge >= 0.3 is 5.97 Å². The van der Waals surface area contributed by atoms with E-state index < -0.39 is 5.97 Å². The standard InChI is InChI=1S/C23H26O5/c1-5-28-23(26)21-17(13-19(24)16-9-7-6-8-10-16)14-20(27-4)18(22(21)25)12-11-15(2)3/h6-10,14,25H,2,5,11-13H2,1,3-4H3. The van der Waals surface area contributed by atoms with Gasteiger partial charge in [0, 0.05) is 17.5 Å². The van der Waals surface area contributed by atoms with E-state index in [0.29, 0.717) is 35.3 Å². The van der Waals surface area contributed by atoms with Crippen LogP contribution in [0.15, 0.2) is 48.6 Å². The fourth-order valence-electron chi connectivity index (χ4n) is 2.97. The average Bonchev–Trinajstić information content (AvgIpc) is 2.67. The van der Waals surface area contributed by atoms with E-state index in [1.807, 2.05) is 13.0 Å². The molecule has 0 aliphatic rings. The zero-order valence-electron chi connectivity index (χ0n) is 16.6. The predicted octanol–water partition coefficient (Wildman–Crippen LogP) is 4.51. The molecule has 28 heavy (non-hydrogen) atoms. The van der Waals surface area contributed by atoms with Crippen molar-refractivity contribution in [3.05, 3.63) is 70.8 Å². The number of allylic oxidation sites excluding steroid dienone is 1. The van der Waals surface area contributed by atoms with Gasteiger partial charge in [0.15, 0.2) is 5.78 Å². The molecule has 0 aromatic heterocycles. The van der Waals surface area contributed by atoms with Crippen LogP contribution in [0.3, 0.4) is 0 Å². The van der Waals surface area contributed by atoms with Gasteiger partial charge in [-0.3, -0.25) is 4.79 Å². The van der Waals surface area contributed by atoms with Crippen molar-refractivity contribution in [1.29, 1.82) is 0 Å². The molecule has 0 aliphatic heterocycles. The molecule has 5 nitrogen and oxygen atoms in total. The molecule has 2 aromatic rings. The van der Waals surface area contributed by atoms with Crippen molar-refractivity contribution in [2.24, 2.45) is 0 Å². The van der Waals surface area contributed by atoms with Crippen molar-refractivity contribution in [3.8, 4) is 11.5 Å². The number of hydrogen-bond donors (Lipinski definition) is 1. The highest BCUT2D eigenvalue weighted by Crippen LogP contribution is 2.37. The van der Waals surface area contributed by atoms with E-state index in [0.717, 1.165) is 5.57 Å². The number of carbonyl (C=O) groups excluding carboxylic acids is 2. The normalized spacial score (nSPS) is 10.4. The molecule has 0 spiro atoms. The van der Waals surface area contributed by atoms with Crippen LogP contribution in [0.1, 0.15) is 52.1 Å². The summed E-state index contributed by atoms with van der Waals surface area (Å²) < 4.78 is 10.6. The summed E-state index contributed by atoms with van der Waals surface area (Å²) in [4.78, 5) is 25.2. The lowest BCUT2D eigenvalue weighted by atomic mass is 9.93. The Kier molecular flexibility index (Phi) is 7.38. The van der Waals surface area contributed by atoms with Crippen molar-refractivity contribution < 1.29 is 24.2 Å². The molecular formula is C23H26O5. The van der Waals surface area contributed by atoms with Crippen LogP contribution in [-0.2, 0) is 17.6 Å². The molecule has 0 saturated heterocycles. The molecule has 0 radical (unpaired) electrons. The summed E-state index contributed by atoms with van der Waals surface area (Å²) in [6.45, 7) is 7.62.